The first-order valence-corrected chi connectivity index (χ1v) is 9.11. The highest BCUT2D eigenvalue weighted by Gasteiger charge is 2.07. The van der Waals surface area contributed by atoms with Gasteiger partial charge in [0.2, 0.25) is 0 Å². The quantitative estimate of drug-likeness (QED) is 0.306. The molecule has 0 aliphatic rings. The summed E-state index contributed by atoms with van der Waals surface area (Å²) >= 11 is 7.19. The van der Waals surface area contributed by atoms with Crippen LogP contribution in [0.3, 0.4) is 0 Å². The van der Waals surface area contributed by atoms with E-state index in [9.17, 15) is 0 Å². The summed E-state index contributed by atoms with van der Waals surface area (Å²) < 4.78 is 2.05. The minimum atomic E-state index is 0.977. The van der Waals surface area contributed by atoms with Gasteiger partial charge in [0.25, 0.3) is 0 Å². The molecule has 24 heavy (non-hydrogen) atoms. The molecule has 0 saturated carbocycles. The standard InChI is InChI=1S/C22H14Br2/c23-20-14-11-17(12-15-20)13-16-21(18-7-3-1-4-8-18)22(24)19-9-5-2-6-10-19/h1-12,14-15H/b22-21+. The molecule has 0 amide bonds. The zero-order valence-electron chi connectivity index (χ0n) is 12.8. The summed E-state index contributed by atoms with van der Waals surface area (Å²) in [6.07, 6.45) is 0. The van der Waals surface area contributed by atoms with Crippen molar-refractivity contribution in [2.24, 2.45) is 0 Å². The fourth-order valence-electron chi connectivity index (χ4n) is 2.26. The topological polar surface area (TPSA) is 0 Å². The average Bonchev–Trinajstić information content (AvgIpc) is 2.65. The van der Waals surface area contributed by atoms with Crippen LogP contribution in [0, 0.1) is 11.8 Å². The molecule has 0 heterocycles. The molecule has 0 aliphatic carbocycles. The fourth-order valence-corrected chi connectivity index (χ4v) is 3.11. The predicted octanol–water partition coefficient (Wildman–Crippen LogP) is 6.76. The van der Waals surface area contributed by atoms with Crippen LogP contribution in [0.2, 0.25) is 0 Å². The number of rotatable bonds is 2. The molecule has 0 aliphatic heterocycles. The molecule has 0 spiro atoms. The highest BCUT2D eigenvalue weighted by atomic mass is 79.9. The molecule has 0 aromatic heterocycles. The van der Waals surface area contributed by atoms with Crippen LogP contribution in [0.1, 0.15) is 16.7 Å². The van der Waals surface area contributed by atoms with Gasteiger partial charge in [0, 0.05) is 20.1 Å². The lowest BCUT2D eigenvalue weighted by atomic mass is 10.0. The second-order valence-electron chi connectivity index (χ2n) is 5.18. The second kappa shape index (κ2) is 8.15. The Bertz CT molecular complexity index is 897. The van der Waals surface area contributed by atoms with Crippen molar-refractivity contribution in [3.63, 3.8) is 0 Å². The fraction of sp³-hybridized carbons (Fsp3) is 0. The van der Waals surface area contributed by atoms with Crippen molar-refractivity contribution in [1.29, 1.82) is 0 Å². The Morgan fingerprint density at radius 3 is 1.79 bits per heavy atom. The van der Waals surface area contributed by atoms with Crippen LogP contribution in [0.15, 0.2) is 89.4 Å². The van der Waals surface area contributed by atoms with Gasteiger partial charge in [-0.2, -0.15) is 0 Å². The van der Waals surface area contributed by atoms with Gasteiger partial charge in [-0.15, -0.1) is 0 Å². The van der Waals surface area contributed by atoms with E-state index in [1.54, 1.807) is 0 Å². The molecule has 0 fully saturated rings. The molecule has 2 heteroatoms. The average molecular weight is 438 g/mol. The molecule has 0 N–H and O–H groups in total. The molecule has 3 aromatic carbocycles. The van der Waals surface area contributed by atoms with Gasteiger partial charge in [-0.05, 0) is 51.3 Å². The number of benzene rings is 3. The van der Waals surface area contributed by atoms with Gasteiger partial charge in [-0.25, -0.2) is 0 Å². The molecule has 3 rings (SSSR count). The molecule has 3 aromatic rings. The monoisotopic (exact) mass is 436 g/mol. The Labute approximate surface area is 159 Å². The van der Waals surface area contributed by atoms with Crippen LogP contribution >= 0.6 is 31.9 Å². The van der Waals surface area contributed by atoms with Crippen molar-refractivity contribution in [2.75, 3.05) is 0 Å². The Morgan fingerprint density at radius 2 is 1.21 bits per heavy atom. The highest BCUT2D eigenvalue weighted by Crippen LogP contribution is 2.30. The normalized spacial score (nSPS) is 11.2. The van der Waals surface area contributed by atoms with Crippen molar-refractivity contribution < 1.29 is 0 Å². The summed E-state index contributed by atoms with van der Waals surface area (Å²) in [5.41, 5.74) is 4.17. The van der Waals surface area contributed by atoms with Crippen LogP contribution < -0.4 is 0 Å². The molecule has 0 radical (unpaired) electrons. The summed E-state index contributed by atoms with van der Waals surface area (Å²) in [7, 11) is 0. The molecular weight excluding hydrogens is 424 g/mol. The van der Waals surface area contributed by atoms with Gasteiger partial charge in [0.15, 0.2) is 0 Å². The number of halogens is 2. The van der Waals surface area contributed by atoms with Crippen molar-refractivity contribution in [3.05, 3.63) is 106 Å². The third-order valence-electron chi connectivity index (χ3n) is 3.49. The van der Waals surface area contributed by atoms with Gasteiger partial charge in [-0.3, -0.25) is 0 Å². The first-order chi connectivity index (χ1) is 11.7. The van der Waals surface area contributed by atoms with Gasteiger partial charge in [0.1, 0.15) is 0 Å². The van der Waals surface area contributed by atoms with E-state index in [2.05, 4.69) is 68.0 Å². The molecule has 0 unspecified atom stereocenters. The van der Waals surface area contributed by atoms with E-state index in [1.165, 1.54) is 0 Å². The number of hydrogen-bond donors (Lipinski definition) is 0. The van der Waals surface area contributed by atoms with E-state index in [1.807, 2.05) is 60.7 Å². The molecule has 0 atom stereocenters. The third kappa shape index (κ3) is 4.26. The van der Waals surface area contributed by atoms with E-state index < -0.39 is 0 Å². The van der Waals surface area contributed by atoms with Crippen LogP contribution in [0.4, 0.5) is 0 Å². The van der Waals surface area contributed by atoms with Gasteiger partial charge in [-0.1, -0.05) is 88.4 Å². The predicted molar refractivity (Wildman–Crippen MR) is 110 cm³/mol. The lowest BCUT2D eigenvalue weighted by Gasteiger charge is -2.06. The molecule has 0 bridgehead atoms. The van der Waals surface area contributed by atoms with E-state index in [4.69, 9.17) is 0 Å². The smallest absolute Gasteiger partial charge is 0.0469 e. The molecular formula is C22H14Br2. The van der Waals surface area contributed by atoms with Crippen molar-refractivity contribution >= 4 is 41.9 Å². The number of hydrogen-bond acceptors (Lipinski definition) is 0. The Kier molecular flexibility index (Phi) is 5.69. The van der Waals surface area contributed by atoms with Crippen LogP contribution in [0.5, 0.6) is 0 Å². The van der Waals surface area contributed by atoms with Crippen molar-refractivity contribution in [3.8, 4) is 11.8 Å². The van der Waals surface area contributed by atoms with Crippen molar-refractivity contribution in [1.82, 2.24) is 0 Å². The molecule has 116 valence electrons. The summed E-state index contributed by atoms with van der Waals surface area (Å²) in [6, 6.07) is 28.5. The van der Waals surface area contributed by atoms with Crippen LogP contribution in [0.25, 0.3) is 10.1 Å². The first kappa shape index (κ1) is 16.8. The lowest BCUT2D eigenvalue weighted by molar-refractivity contribution is 1.60. The zero-order chi connectivity index (χ0) is 16.8. The Morgan fingerprint density at radius 1 is 0.667 bits per heavy atom. The van der Waals surface area contributed by atoms with E-state index in [0.717, 1.165) is 31.2 Å². The summed E-state index contributed by atoms with van der Waals surface area (Å²) in [6.45, 7) is 0. The maximum atomic E-state index is 3.74. The van der Waals surface area contributed by atoms with Crippen LogP contribution in [-0.4, -0.2) is 0 Å². The van der Waals surface area contributed by atoms with E-state index >= 15 is 0 Å². The maximum absolute atomic E-state index is 3.74. The minimum Gasteiger partial charge on any atom is -0.0622 e. The molecule has 0 saturated heterocycles. The van der Waals surface area contributed by atoms with Gasteiger partial charge in [0.05, 0.1) is 0 Å². The zero-order valence-corrected chi connectivity index (χ0v) is 16.0. The Balaban J connectivity index is 2.09. The molecule has 0 nitrogen and oxygen atoms in total. The largest absolute Gasteiger partial charge is 0.0622 e. The summed E-state index contributed by atoms with van der Waals surface area (Å²) in [5.74, 6) is 6.60. The maximum Gasteiger partial charge on any atom is 0.0469 e. The third-order valence-corrected chi connectivity index (χ3v) is 4.87. The summed E-state index contributed by atoms with van der Waals surface area (Å²) in [5, 5.41) is 0. The number of allylic oxidation sites excluding steroid dienone is 1. The van der Waals surface area contributed by atoms with E-state index in [0.29, 0.717) is 0 Å². The second-order valence-corrected chi connectivity index (χ2v) is 6.89. The van der Waals surface area contributed by atoms with E-state index in [-0.39, 0.29) is 0 Å². The van der Waals surface area contributed by atoms with Crippen LogP contribution in [-0.2, 0) is 0 Å². The lowest BCUT2D eigenvalue weighted by Crippen LogP contribution is -1.86. The minimum absolute atomic E-state index is 0.977. The van der Waals surface area contributed by atoms with Gasteiger partial charge >= 0.3 is 0 Å². The first-order valence-electron chi connectivity index (χ1n) is 7.52. The SMILES string of the molecule is Br/C(=C(\C#Cc1ccc(Br)cc1)c1ccccc1)c1ccccc1. The van der Waals surface area contributed by atoms with Crippen molar-refractivity contribution in [2.45, 2.75) is 0 Å². The summed E-state index contributed by atoms with van der Waals surface area (Å²) in [4.78, 5) is 0. The van der Waals surface area contributed by atoms with Gasteiger partial charge < -0.3 is 0 Å². The highest BCUT2D eigenvalue weighted by molar-refractivity contribution is 9.15. The Hall–Kier alpha value is -2.08.